The van der Waals surface area contributed by atoms with Crippen LogP contribution < -0.4 is 10.5 Å². The normalized spacial score (nSPS) is 11.9. The second-order valence-electron chi connectivity index (χ2n) is 4.30. The van der Waals surface area contributed by atoms with Crippen LogP contribution in [0.1, 0.15) is 18.5 Å². The first-order chi connectivity index (χ1) is 9.49. The van der Waals surface area contributed by atoms with Crippen LogP contribution in [0.15, 0.2) is 42.5 Å². The first kappa shape index (κ1) is 14.3. The standard InChI is InChI=1S/C14H13ClN2O3/c1-9(16)11-4-2-3-5-14(11)20-10-6-7-13(17(18)19)12(15)8-10/h2-9H,16H2,1H3/t9-/m1/s1. The third-order valence-corrected chi connectivity index (χ3v) is 3.06. The molecule has 2 N–H and O–H groups in total. The molecule has 20 heavy (non-hydrogen) atoms. The number of rotatable bonds is 4. The second-order valence-corrected chi connectivity index (χ2v) is 4.71. The average molecular weight is 293 g/mol. The number of nitro benzene ring substituents is 1. The maximum atomic E-state index is 10.7. The van der Waals surface area contributed by atoms with Gasteiger partial charge in [0.1, 0.15) is 16.5 Å². The van der Waals surface area contributed by atoms with E-state index in [1.54, 1.807) is 6.07 Å². The van der Waals surface area contributed by atoms with Gasteiger partial charge >= 0.3 is 0 Å². The van der Waals surface area contributed by atoms with Crippen LogP contribution in [-0.4, -0.2) is 4.92 Å². The van der Waals surface area contributed by atoms with Crippen molar-refractivity contribution in [3.63, 3.8) is 0 Å². The summed E-state index contributed by atoms with van der Waals surface area (Å²) in [6.45, 7) is 1.85. The summed E-state index contributed by atoms with van der Waals surface area (Å²) in [7, 11) is 0. The van der Waals surface area contributed by atoms with Crippen LogP contribution in [0.3, 0.4) is 0 Å². The summed E-state index contributed by atoms with van der Waals surface area (Å²) >= 11 is 5.85. The topological polar surface area (TPSA) is 78.4 Å². The molecule has 0 fully saturated rings. The second kappa shape index (κ2) is 5.90. The number of nitrogens with zero attached hydrogens (tertiary/aromatic N) is 1. The van der Waals surface area contributed by atoms with E-state index in [4.69, 9.17) is 22.1 Å². The molecule has 5 nitrogen and oxygen atoms in total. The van der Waals surface area contributed by atoms with Crippen LogP contribution in [-0.2, 0) is 0 Å². The molecule has 2 rings (SSSR count). The first-order valence-electron chi connectivity index (χ1n) is 5.95. The highest BCUT2D eigenvalue weighted by atomic mass is 35.5. The van der Waals surface area contributed by atoms with Gasteiger partial charge in [-0.25, -0.2) is 0 Å². The fraction of sp³-hybridized carbons (Fsp3) is 0.143. The lowest BCUT2D eigenvalue weighted by Crippen LogP contribution is -2.06. The number of benzene rings is 2. The minimum absolute atomic E-state index is 0.0331. The zero-order valence-corrected chi connectivity index (χ0v) is 11.5. The fourth-order valence-corrected chi connectivity index (χ4v) is 2.02. The predicted molar refractivity (Wildman–Crippen MR) is 77.2 cm³/mol. The highest BCUT2D eigenvalue weighted by Gasteiger charge is 2.14. The summed E-state index contributed by atoms with van der Waals surface area (Å²) in [4.78, 5) is 10.2. The molecule has 104 valence electrons. The maximum Gasteiger partial charge on any atom is 0.288 e. The Bertz CT molecular complexity index is 644. The van der Waals surface area contributed by atoms with Crippen LogP contribution >= 0.6 is 11.6 Å². The number of nitrogens with two attached hydrogens (primary N) is 1. The van der Waals surface area contributed by atoms with E-state index < -0.39 is 4.92 Å². The quantitative estimate of drug-likeness (QED) is 0.681. The molecule has 0 saturated carbocycles. The van der Waals surface area contributed by atoms with Crippen LogP contribution in [0, 0.1) is 10.1 Å². The molecule has 0 spiro atoms. The largest absolute Gasteiger partial charge is 0.457 e. The van der Waals surface area contributed by atoms with E-state index in [2.05, 4.69) is 0 Å². The minimum Gasteiger partial charge on any atom is -0.457 e. The number of nitro groups is 1. The molecule has 2 aromatic rings. The van der Waals surface area contributed by atoms with Crippen molar-refractivity contribution < 1.29 is 9.66 Å². The molecular weight excluding hydrogens is 280 g/mol. The number of hydrogen-bond donors (Lipinski definition) is 1. The first-order valence-corrected chi connectivity index (χ1v) is 6.33. The Kier molecular flexibility index (Phi) is 4.22. The van der Waals surface area contributed by atoms with Gasteiger partial charge in [0.25, 0.3) is 5.69 Å². The fourth-order valence-electron chi connectivity index (χ4n) is 1.78. The van der Waals surface area contributed by atoms with Crippen molar-refractivity contribution in [3.8, 4) is 11.5 Å². The van der Waals surface area contributed by atoms with E-state index in [9.17, 15) is 10.1 Å². The summed E-state index contributed by atoms with van der Waals surface area (Å²) < 4.78 is 5.70. The highest BCUT2D eigenvalue weighted by molar-refractivity contribution is 6.32. The lowest BCUT2D eigenvalue weighted by Gasteiger charge is -2.13. The van der Waals surface area contributed by atoms with Crippen molar-refractivity contribution in [1.29, 1.82) is 0 Å². The molecule has 0 heterocycles. The van der Waals surface area contributed by atoms with E-state index in [1.807, 2.05) is 25.1 Å². The number of para-hydroxylation sites is 1. The molecule has 0 radical (unpaired) electrons. The Hall–Kier alpha value is -2.11. The lowest BCUT2D eigenvalue weighted by atomic mass is 10.1. The highest BCUT2D eigenvalue weighted by Crippen LogP contribution is 2.33. The SMILES string of the molecule is C[C@@H](N)c1ccccc1Oc1ccc([N+](=O)[O-])c(Cl)c1. The van der Waals surface area contributed by atoms with Crippen LogP contribution in [0.5, 0.6) is 11.5 Å². The predicted octanol–water partition coefficient (Wildman–Crippen LogP) is 4.06. The summed E-state index contributed by atoms with van der Waals surface area (Å²) in [5.41, 5.74) is 6.56. The molecule has 2 aromatic carbocycles. The maximum absolute atomic E-state index is 10.7. The zero-order chi connectivity index (χ0) is 14.7. The summed E-state index contributed by atoms with van der Waals surface area (Å²) in [6, 6.07) is 11.4. The smallest absolute Gasteiger partial charge is 0.288 e. The van der Waals surface area contributed by atoms with Gasteiger partial charge in [-0.2, -0.15) is 0 Å². The Balaban J connectivity index is 2.31. The zero-order valence-electron chi connectivity index (χ0n) is 10.7. The third kappa shape index (κ3) is 3.07. The average Bonchev–Trinajstić information content (AvgIpc) is 2.38. The number of halogens is 1. The molecule has 0 amide bonds. The molecule has 0 aliphatic carbocycles. The Labute approximate surface area is 121 Å². The van der Waals surface area contributed by atoms with Gasteiger partial charge < -0.3 is 10.5 Å². The number of hydrogen-bond acceptors (Lipinski definition) is 4. The molecule has 0 aliphatic rings. The van der Waals surface area contributed by atoms with Gasteiger partial charge in [-0.05, 0) is 19.1 Å². The van der Waals surface area contributed by atoms with Gasteiger partial charge in [-0.1, -0.05) is 29.8 Å². The molecule has 0 aromatic heterocycles. The van der Waals surface area contributed by atoms with Crippen molar-refractivity contribution in [2.24, 2.45) is 5.73 Å². The molecule has 0 aliphatic heterocycles. The van der Waals surface area contributed by atoms with Gasteiger partial charge in [0, 0.05) is 23.7 Å². The van der Waals surface area contributed by atoms with Gasteiger partial charge in [0.05, 0.1) is 4.92 Å². The Morgan fingerprint density at radius 1 is 1.30 bits per heavy atom. The molecule has 0 saturated heterocycles. The van der Waals surface area contributed by atoms with E-state index in [0.717, 1.165) is 5.56 Å². The van der Waals surface area contributed by atoms with Crippen molar-refractivity contribution in [1.82, 2.24) is 0 Å². The number of ether oxygens (including phenoxy) is 1. The van der Waals surface area contributed by atoms with E-state index >= 15 is 0 Å². The van der Waals surface area contributed by atoms with Crippen molar-refractivity contribution in [2.45, 2.75) is 13.0 Å². The summed E-state index contributed by atoms with van der Waals surface area (Å²) in [5.74, 6) is 1.03. The van der Waals surface area contributed by atoms with Crippen LogP contribution in [0.25, 0.3) is 0 Å². The Morgan fingerprint density at radius 2 is 2.00 bits per heavy atom. The summed E-state index contributed by atoms with van der Waals surface area (Å²) in [6.07, 6.45) is 0. The molecule has 0 unspecified atom stereocenters. The van der Waals surface area contributed by atoms with E-state index in [-0.39, 0.29) is 16.8 Å². The molecular formula is C14H13ClN2O3. The third-order valence-electron chi connectivity index (χ3n) is 2.75. The van der Waals surface area contributed by atoms with Crippen LogP contribution in [0.4, 0.5) is 5.69 Å². The molecule has 6 heteroatoms. The van der Waals surface area contributed by atoms with Gasteiger partial charge in [0.15, 0.2) is 0 Å². The monoisotopic (exact) mass is 292 g/mol. The van der Waals surface area contributed by atoms with Crippen molar-refractivity contribution >= 4 is 17.3 Å². The van der Waals surface area contributed by atoms with Gasteiger partial charge in [0.2, 0.25) is 0 Å². The van der Waals surface area contributed by atoms with Gasteiger partial charge in [-0.3, -0.25) is 10.1 Å². The Morgan fingerprint density at radius 3 is 2.60 bits per heavy atom. The van der Waals surface area contributed by atoms with E-state index in [1.165, 1.54) is 18.2 Å². The van der Waals surface area contributed by atoms with Crippen LogP contribution in [0.2, 0.25) is 5.02 Å². The van der Waals surface area contributed by atoms with Gasteiger partial charge in [-0.15, -0.1) is 0 Å². The minimum atomic E-state index is -0.540. The van der Waals surface area contributed by atoms with Crippen molar-refractivity contribution in [2.75, 3.05) is 0 Å². The summed E-state index contributed by atoms with van der Waals surface area (Å²) in [5, 5.41) is 10.7. The van der Waals surface area contributed by atoms with Crippen molar-refractivity contribution in [3.05, 3.63) is 63.2 Å². The molecule has 1 atom stereocenters. The van der Waals surface area contributed by atoms with E-state index in [0.29, 0.717) is 11.5 Å². The molecule has 0 bridgehead atoms. The lowest BCUT2D eigenvalue weighted by molar-refractivity contribution is -0.384.